The van der Waals surface area contributed by atoms with E-state index in [9.17, 15) is 4.39 Å². The van der Waals surface area contributed by atoms with E-state index >= 15 is 0 Å². The molecule has 1 rings (SSSR count). The summed E-state index contributed by atoms with van der Waals surface area (Å²) in [6.07, 6.45) is 1.65. The Morgan fingerprint density at radius 2 is 2.00 bits per heavy atom. The molecule has 0 unspecified atom stereocenters. The molecular formula is C11H15ClFN. The summed E-state index contributed by atoms with van der Waals surface area (Å²) < 4.78 is 13.6. The van der Waals surface area contributed by atoms with Crippen molar-refractivity contribution in [1.82, 2.24) is 0 Å². The molecule has 0 saturated carbocycles. The van der Waals surface area contributed by atoms with E-state index in [0.29, 0.717) is 22.7 Å². The Kier molecular flexibility index (Phi) is 3.90. The van der Waals surface area contributed by atoms with Crippen LogP contribution in [0.4, 0.5) is 4.39 Å². The van der Waals surface area contributed by atoms with Crippen LogP contribution in [-0.4, -0.2) is 6.54 Å². The lowest BCUT2D eigenvalue weighted by Gasteiger charge is -2.10. The maximum atomic E-state index is 13.6. The van der Waals surface area contributed by atoms with Gasteiger partial charge in [0.1, 0.15) is 5.82 Å². The maximum absolute atomic E-state index is 13.6. The van der Waals surface area contributed by atoms with E-state index in [1.807, 2.05) is 6.07 Å². The summed E-state index contributed by atoms with van der Waals surface area (Å²) in [5, 5.41) is 0.500. The Hall–Kier alpha value is -0.600. The van der Waals surface area contributed by atoms with Gasteiger partial charge in [0.05, 0.1) is 0 Å². The second kappa shape index (κ2) is 4.76. The molecule has 1 nitrogen and oxygen atoms in total. The van der Waals surface area contributed by atoms with Crippen LogP contribution in [0.3, 0.4) is 0 Å². The van der Waals surface area contributed by atoms with Gasteiger partial charge >= 0.3 is 0 Å². The molecule has 0 aliphatic heterocycles. The van der Waals surface area contributed by atoms with Gasteiger partial charge < -0.3 is 5.73 Å². The zero-order valence-corrected chi connectivity index (χ0v) is 9.29. The highest BCUT2D eigenvalue weighted by Crippen LogP contribution is 2.25. The van der Waals surface area contributed by atoms with Crippen LogP contribution in [0.5, 0.6) is 0 Å². The van der Waals surface area contributed by atoms with Crippen molar-refractivity contribution in [3.05, 3.63) is 33.6 Å². The molecule has 0 bridgehead atoms. The number of benzene rings is 1. The number of hydrogen-bond donors (Lipinski definition) is 1. The van der Waals surface area contributed by atoms with Crippen LogP contribution in [0.2, 0.25) is 5.02 Å². The Morgan fingerprint density at radius 1 is 1.36 bits per heavy atom. The van der Waals surface area contributed by atoms with Gasteiger partial charge in [0.2, 0.25) is 0 Å². The molecule has 0 fully saturated rings. The summed E-state index contributed by atoms with van der Waals surface area (Å²) in [6.45, 7) is 4.09. The number of nitrogens with two attached hydrogens (primary N) is 1. The van der Waals surface area contributed by atoms with Crippen LogP contribution >= 0.6 is 11.6 Å². The first-order valence-electron chi connectivity index (χ1n) is 4.72. The van der Waals surface area contributed by atoms with E-state index in [0.717, 1.165) is 18.4 Å². The van der Waals surface area contributed by atoms with Crippen LogP contribution in [0.25, 0.3) is 0 Å². The van der Waals surface area contributed by atoms with E-state index in [2.05, 4.69) is 0 Å². The van der Waals surface area contributed by atoms with Crippen molar-refractivity contribution in [2.45, 2.75) is 26.7 Å². The third kappa shape index (κ3) is 2.25. The summed E-state index contributed by atoms with van der Waals surface area (Å²) in [6, 6.07) is 1.84. The van der Waals surface area contributed by atoms with Gasteiger partial charge in [-0.2, -0.15) is 0 Å². The molecule has 3 heteroatoms. The molecule has 14 heavy (non-hydrogen) atoms. The molecular weight excluding hydrogens is 201 g/mol. The molecule has 1 aromatic rings. The normalized spacial score (nSPS) is 10.6. The number of rotatable bonds is 3. The second-order valence-electron chi connectivity index (χ2n) is 3.47. The van der Waals surface area contributed by atoms with Crippen molar-refractivity contribution in [3.63, 3.8) is 0 Å². The predicted molar refractivity (Wildman–Crippen MR) is 58.3 cm³/mol. The fourth-order valence-electron chi connectivity index (χ4n) is 1.45. The maximum Gasteiger partial charge on any atom is 0.130 e. The molecule has 0 atom stereocenters. The van der Waals surface area contributed by atoms with E-state index in [-0.39, 0.29) is 5.82 Å². The second-order valence-corrected chi connectivity index (χ2v) is 3.88. The zero-order valence-electron chi connectivity index (χ0n) is 8.53. The van der Waals surface area contributed by atoms with Gasteiger partial charge in [0.15, 0.2) is 0 Å². The monoisotopic (exact) mass is 215 g/mol. The highest BCUT2D eigenvalue weighted by Gasteiger charge is 2.10. The van der Waals surface area contributed by atoms with E-state index in [1.54, 1.807) is 13.8 Å². The minimum absolute atomic E-state index is 0.190. The third-order valence-corrected chi connectivity index (χ3v) is 2.84. The average Bonchev–Trinajstić information content (AvgIpc) is 2.18. The van der Waals surface area contributed by atoms with Gasteiger partial charge in [0, 0.05) is 10.6 Å². The van der Waals surface area contributed by atoms with Gasteiger partial charge in [-0.15, -0.1) is 0 Å². The minimum atomic E-state index is -0.190. The van der Waals surface area contributed by atoms with Crippen LogP contribution in [0.1, 0.15) is 23.1 Å². The Bertz CT molecular complexity index is 337. The lowest BCUT2D eigenvalue weighted by atomic mass is 10.0. The standard InChI is InChI=1S/C11H15ClFN/c1-7-9(4-3-5-14)6-10(12)8(2)11(7)13/h6H,3-5,14H2,1-2H3. The Morgan fingerprint density at radius 3 is 2.57 bits per heavy atom. The smallest absolute Gasteiger partial charge is 0.130 e. The van der Waals surface area contributed by atoms with Gasteiger partial charge in [-0.1, -0.05) is 11.6 Å². The van der Waals surface area contributed by atoms with E-state index < -0.39 is 0 Å². The fraction of sp³-hybridized carbons (Fsp3) is 0.455. The van der Waals surface area contributed by atoms with Crippen LogP contribution in [0.15, 0.2) is 6.07 Å². The number of halogens is 2. The van der Waals surface area contributed by atoms with Crippen molar-refractivity contribution in [3.8, 4) is 0 Å². The molecule has 0 aromatic heterocycles. The quantitative estimate of drug-likeness (QED) is 0.824. The van der Waals surface area contributed by atoms with Crippen molar-refractivity contribution >= 4 is 11.6 Å². The number of hydrogen-bond acceptors (Lipinski definition) is 1. The largest absolute Gasteiger partial charge is 0.330 e. The van der Waals surface area contributed by atoms with Gasteiger partial charge in [0.25, 0.3) is 0 Å². The molecule has 78 valence electrons. The van der Waals surface area contributed by atoms with Crippen LogP contribution in [0, 0.1) is 19.7 Å². The van der Waals surface area contributed by atoms with Crippen molar-refractivity contribution in [2.24, 2.45) is 5.73 Å². The molecule has 0 saturated heterocycles. The highest BCUT2D eigenvalue weighted by molar-refractivity contribution is 6.31. The molecule has 2 N–H and O–H groups in total. The molecule has 0 heterocycles. The Labute approximate surface area is 89.1 Å². The number of aryl methyl sites for hydroxylation is 1. The minimum Gasteiger partial charge on any atom is -0.330 e. The molecule has 0 amide bonds. The van der Waals surface area contributed by atoms with E-state index in [4.69, 9.17) is 17.3 Å². The van der Waals surface area contributed by atoms with Gasteiger partial charge in [-0.25, -0.2) is 4.39 Å². The van der Waals surface area contributed by atoms with Crippen LogP contribution in [-0.2, 0) is 6.42 Å². The molecule has 0 aliphatic carbocycles. The Balaban J connectivity index is 3.06. The first-order valence-corrected chi connectivity index (χ1v) is 5.10. The van der Waals surface area contributed by atoms with Crippen molar-refractivity contribution in [1.29, 1.82) is 0 Å². The first-order chi connectivity index (χ1) is 6.57. The van der Waals surface area contributed by atoms with Gasteiger partial charge in [-0.3, -0.25) is 0 Å². The predicted octanol–water partition coefficient (Wildman–Crippen LogP) is 2.99. The lowest BCUT2D eigenvalue weighted by Crippen LogP contribution is -2.03. The summed E-state index contributed by atoms with van der Waals surface area (Å²) in [7, 11) is 0. The molecule has 1 aromatic carbocycles. The zero-order chi connectivity index (χ0) is 10.7. The average molecular weight is 216 g/mol. The SMILES string of the molecule is Cc1c(Cl)cc(CCCN)c(C)c1F. The molecule has 0 aliphatic rings. The first kappa shape index (κ1) is 11.5. The van der Waals surface area contributed by atoms with E-state index in [1.165, 1.54) is 0 Å². The van der Waals surface area contributed by atoms with Crippen molar-refractivity contribution < 1.29 is 4.39 Å². The lowest BCUT2D eigenvalue weighted by molar-refractivity contribution is 0.605. The van der Waals surface area contributed by atoms with Crippen LogP contribution < -0.4 is 5.73 Å². The molecule has 0 radical (unpaired) electrons. The third-order valence-electron chi connectivity index (χ3n) is 2.45. The highest BCUT2D eigenvalue weighted by atomic mass is 35.5. The summed E-state index contributed by atoms with van der Waals surface area (Å²) in [5.74, 6) is -0.190. The fourth-order valence-corrected chi connectivity index (χ4v) is 1.66. The summed E-state index contributed by atoms with van der Waals surface area (Å²) >= 11 is 5.90. The van der Waals surface area contributed by atoms with Crippen molar-refractivity contribution in [2.75, 3.05) is 6.54 Å². The van der Waals surface area contributed by atoms with Gasteiger partial charge in [-0.05, 0) is 50.4 Å². The topological polar surface area (TPSA) is 26.0 Å². The summed E-state index contributed by atoms with van der Waals surface area (Å²) in [4.78, 5) is 0. The summed E-state index contributed by atoms with van der Waals surface area (Å²) in [5.41, 5.74) is 7.59. The molecule has 0 spiro atoms.